The molecule has 0 radical (unpaired) electrons. The first-order valence-electron chi connectivity index (χ1n) is 5.22. The van der Waals surface area contributed by atoms with Gasteiger partial charge in [-0.15, -0.1) is 10.2 Å². The number of hydrogen-bond acceptors (Lipinski definition) is 5. The summed E-state index contributed by atoms with van der Waals surface area (Å²) in [5.74, 6) is 1.04. The second-order valence-electron chi connectivity index (χ2n) is 3.51. The number of benzene rings is 1. The van der Waals surface area contributed by atoms with E-state index in [1.165, 1.54) is 0 Å². The minimum Gasteiger partial charge on any atom is -0.467 e. The lowest BCUT2D eigenvalue weighted by Gasteiger charge is -2.10. The third-order valence-corrected chi connectivity index (χ3v) is 2.90. The zero-order chi connectivity index (χ0) is 13.0. The van der Waals surface area contributed by atoms with Crippen LogP contribution in [-0.2, 0) is 4.74 Å². The predicted molar refractivity (Wildman–Crippen MR) is 72.1 cm³/mol. The highest BCUT2D eigenvalue weighted by molar-refractivity contribution is 9.10. The van der Waals surface area contributed by atoms with Crippen LogP contribution >= 0.6 is 15.9 Å². The van der Waals surface area contributed by atoms with Crippen molar-refractivity contribution in [1.82, 2.24) is 10.2 Å². The second kappa shape index (κ2) is 5.79. The van der Waals surface area contributed by atoms with Gasteiger partial charge in [-0.1, -0.05) is 12.1 Å². The number of anilines is 1. The number of nitrogens with zero attached hydrogens (tertiary/aromatic N) is 2. The molecular weight excluding hydrogens is 298 g/mol. The van der Waals surface area contributed by atoms with Gasteiger partial charge in [0.1, 0.15) is 5.75 Å². The molecule has 0 bridgehead atoms. The minimum atomic E-state index is 0.181. The highest BCUT2D eigenvalue weighted by Gasteiger charge is 2.09. The molecule has 0 fully saturated rings. The van der Waals surface area contributed by atoms with Gasteiger partial charge in [-0.3, -0.25) is 0 Å². The van der Waals surface area contributed by atoms with E-state index in [2.05, 4.69) is 26.1 Å². The maximum Gasteiger partial charge on any atom is 0.188 e. The van der Waals surface area contributed by atoms with Crippen LogP contribution in [0.25, 0.3) is 11.3 Å². The fourth-order valence-corrected chi connectivity index (χ4v) is 1.73. The lowest BCUT2D eigenvalue weighted by molar-refractivity contribution is 0.0515. The molecule has 1 aromatic carbocycles. The molecule has 18 heavy (non-hydrogen) atoms. The number of nitrogens with two attached hydrogens (primary N) is 1. The van der Waals surface area contributed by atoms with Crippen LogP contribution in [-0.4, -0.2) is 24.1 Å². The Kier molecular flexibility index (Phi) is 4.11. The van der Waals surface area contributed by atoms with E-state index < -0.39 is 0 Å². The molecule has 0 aliphatic heterocycles. The highest BCUT2D eigenvalue weighted by Crippen LogP contribution is 2.30. The fourth-order valence-electron chi connectivity index (χ4n) is 1.44. The first kappa shape index (κ1) is 12.8. The van der Waals surface area contributed by atoms with Gasteiger partial charge in [0.05, 0.1) is 10.2 Å². The molecule has 0 saturated carbocycles. The van der Waals surface area contributed by atoms with Crippen molar-refractivity contribution in [1.29, 1.82) is 0 Å². The third kappa shape index (κ3) is 2.77. The summed E-state index contributed by atoms with van der Waals surface area (Å²) >= 11 is 3.33. The van der Waals surface area contributed by atoms with E-state index >= 15 is 0 Å². The Morgan fingerprint density at radius 1 is 1.28 bits per heavy atom. The number of hydrogen-bond donors (Lipinski definition) is 1. The van der Waals surface area contributed by atoms with E-state index in [1.807, 2.05) is 24.3 Å². The summed E-state index contributed by atoms with van der Waals surface area (Å²) < 4.78 is 11.1. The van der Waals surface area contributed by atoms with Gasteiger partial charge in [0.25, 0.3) is 0 Å². The SMILES string of the molecule is COCOc1ccccc1-c1cc(Br)c(N)nn1. The van der Waals surface area contributed by atoms with Gasteiger partial charge in [-0.25, -0.2) is 0 Å². The van der Waals surface area contributed by atoms with Gasteiger partial charge in [0.2, 0.25) is 0 Å². The zero-order valence-electron chi connectivity index (χ0n) is 9.76. The molecule has 2 aromatic rings. The summed E-state index contributed by atoms with van der Waals surface area (Å²) in [6.07, 6.45) is 0. The molecule has 0 aliphatic carbocycles. The average Bonchev–Trinajstić information content (AvgIpc) is 2.40. The van der Waals surface area contributed by atoms with E-state index in [1.54, 1.807) is 13.2 Å². The molecule has 0 spiro atoms. The summed E-state index contributed by atoms with van der Waals surface area (Å²) in [5.41, 5.74) is 7.13. The predicted octanol–water partition coefficient (Wildman–Crippen LogP) is 2.47. The summed E-state index contributed by atoms with van der Waals surface area (Å²) in [5, 5.41) is 7.92. The quantitative estimate of drug-likeness (QED) is 0.879. The molecule has 6 heteroatoms. The van der Waals surface area contributed by atoms with Crippen molar-refractivity contribution in [2.45, 2.75) is 0 Å². The highest BCUT2D eigenvalue weighted by atomic mass is 79.9. The van der Waals surface area contributed by atoms with Crippen LogP contribution in [0.3, 0.4) is 0 Å². The molecule has 1 aromatic heterocycles. The molecule has 0 unspecified atom stereocenters. The smallest absolute Gasteiger partial charge is 0.188 e. The van der Waals surface area contributed by atoms with Crippen molar-refractivity contribution in [2.75, 3.05) is 19.6 Å². The normalized spacial score (nSPS) is 10.3. The Labute approximate surface area is 113 Å². The van der Waals surface area contributed by atoms with Crippen LogP contribution in [0, 0.1) is 0 Å². The summed E-state index contributed by atoms with van der Waals surface area (Å²) in [4.78, 5) is 0. The number of rotatable bonds is 4. The van der Waals surface area contributed by atoms with Gasteiger partial charge in [0, 0.05) is 12.7 Å². The molecule has 0 amide bonds. The fraction of sp³-hybridized carbons (Fsp3) is 0.167. The Morgan fingerprint density at radius 2 is 2.06 bits per heavy atom. The first-order chi connectivity index (χ1) is 8.72. The molecule has 0 saturated heterocycles. The lowest BCUT2D eigenvalue weighted by atomic mass is 10.1. The average molecular weight is 310 g/mol. The van der Waals surface area contributed by atoms with Crippen LogP contribution in [0.5, 0.6) is 5.75 Å². The molecule has 0 atom stereocenters. The van der Waals surface area contributed by atoms with Gasteiger partial charge < -0.3 is 15.2 Å². The van der Waals surface area contributed by atoms with Crippen molar-refractivity contribution in [3.8, 4) is 17.0 Å². The minimum absolute atomic E-state index is 0.181. The summed E-state index contributed by atoms with van der Waals surface area (Å²) in [6, 6.07) is 9.34. The second-order valence-corrected chi connectivity index (χ2v) is 4.36. The number of methoxy groups -OCH3 is 1. The number of ether oxygens (including phenoxy) is 2. The molecule has 2 N–H and O–H groups in total. The van der Waals surface area contributed by atoms with Crippen molar-refractivity contribution in [3.05, 3.63) is 34.8 Å². The number of nitrogen functional groups attached to an aromatic ring is 1. The third-order valence-electron chi connectivity index (χ3n) is 2.27. The van der Waals surface area contributed by atoms with Crippen LogP contribution in [0.15, 0.2) is 34.8 Å². The largest absolute Gasteiger partial charge is 0.467 e. The first-order valence-corrected chi connectivity index (χ1v) is 6.01. The maximum absolute atomic E-state index is 5.61. The van der Waals surface area contributed by atoms with Crippen LogP contribution < -0.4 is 10.5 Å². The monoisotopic (exact) mass is 309 g/mol. The van der Waals surface area contributed by atoms with Crippen molar-refractivity contribution < 1.29 is 9.47 Å². The Hall–Kier alpha value is -1.66. The van der Waals surface area contributed by atoms with Crippen LogP contribution in [0.1, 0.15) is 0 Å². The maximum atomic E-state index is 5.61. The van der Waals surface area contributed by atoms with Crippen molar-refractivity contribution in [2.24, 2.45) is 0 Å². The van der Waals surface area contributed by atoms with Gasteiger partial charge in [0.15, 0.2) is 12.6 Å². The van der Waals surface area contributed by atoms with E-state index in [9.17, 15) is 0 Å². The number of halogens is 1. The van der Waals surface area contributed by atoms with E-state index in [4.69, 9.17) is 15.2 Å². The van der Waals surface area contributed by atoms with E-state index in [0.717, 1.165) is 5.56 Å². The molecule has 5 nitrogen and oxygen atoms in total. The summed E-state index contributed by atoms with van der Waals surface area (Å²) in [7, 11) is 1.57. The Morgan fingerprint density at radius 3 is 2.78 bits per heavy atom. The lowest BCUT2D eigenvalue weighted by Crippen LogP contribution is -2.01. The van der Waals surface area contributed by atoms with Gasteiger partial charge in [-0.05, 0) is 34.1 Å². The molecule has 1 heterocycles. The number of para-hydroxylation sites is 1. The Balaban J connectivity index is 2.39. The van der Waals surface area contributed by atoms with Crippen molar-refractivity contribution in [3.63, 3.8) is 0 Å². The molecule has 94 valence electrons. The van der Waals surface area contributed by atoms with E-state index in [-0.39, 0.29) is 6.79 Å². The van der Waals surface area contributed by atoms with Crippen molar-refractivity contribution >= 4 is 21.7 Å². The van der Waals surface area contributed by atoms with Crippen LogP contribution in [0.4, 0.5) is 5.82 Å². The van der Waals surface area contributed by atoms with E-state index in [0.29, 0.717) is 21.7 Å². The van der Waals surface area contributed by atoms with Gasteiger partial charge in [-0.2, -0.15) is 0 Å². The molecular formula is C12H12BrN3O2. The zero-order valence-corrected chi connectivity index (χ0v) is 11.3. The molecule has 0 aliphatic rings. The number of aromatic nitrogens is 2. The topological polar surface area (TPSA) is 70.3 Å². The van der Waals surface area contributed by atoms with Gasteiger partial charge >= 0.3 is 0 Å². The van der Waals surface area contributed by atoms with Crippen LogP contribution in [0.2, 0.25) is 0 Å². The molecule has 2 rings (SSSR count). The summed E-state index contributed by atoms with van der Waals surface area (Å²) in [6.45, 7) is 0.181. The Bertz CT molecular complexity index is 549. The standard InChI is InChI=1S/C12H12BrN3O2/c1-17-7-18-11-5-3-2-4-8(11)10-6-9(13)12(14)16-15-10/h2-6H,7H2,1H3,(H2,14,16).